The summed E-state index contributed by atoms with van der Waals surface area (Å²) in [4.78, 5) is 85.9. The van der Waals surface area contributed by atoms with E-state index in [1.807, 2.05) is 6.07 Å². The molecule has 0 radical (unpaired) electrons. The topological polar surface area (TPSA) is 234 Å². The first kappa shape index (κ1) is 30.7. The number of nitrogens with one attached hydrogen (secondary N) is 1. The molecule has 2 rings (SSSR count). The zero-order chi connectivity index (χ0) is 29.3. The summed E-state index contributed by atoms with van der Waals surface area (Å²) in [7, 11) is 0. The molecule has 0 saturated carbocycles. The van der Waals surface area contributed by atoms with E-state index in [-0.39, 0.29) is 42.2 Å². The number of benzene rings is 1. The molecule has 15 nitrogen and oxygen atoms in total. The maximum Gasteiger partial charge on any atom is 0.407 e. The lowest BCUT2D eigenvalue weighted by Crippen LogP contribution is -2.73. The van der Waals surface area contributed by atoms with Crippen molar-refractivity contribution in [3.63, 3.8) is 0 Å². The molecule has 1 aliphatic heterocycles. The second-order valence-corrected chi connectivity index (χ2v) is 8.95. The van der Waals surface area contributed by atoms with Gasteiger partial charge in [-0.05, 0) is 38.2 Å². The number of unbranched alkanes of at least 4 members (excludes halogenated alkanes) is 1. The number of urea groups is 1. The third-order valence-electron chi connectivity index (χ3n) is 6.15. The molecule has 6 N–H and O–H groups in total. The SMILES string of the molecule is CC(CCC(=O)O)(C(=O)O)N1C(=O)C(N)C(=O)N([C@@H](CCCCNC(=O)OCc2ccccc2)C(=O)O)C1=O. The van der Waals surface area contributed by atoms with Gasteiger partial charge in [0.25, 0.3) is 11.8 Å². The van der Waals surface area contributed by atoms with E-state index in [2.05, 4.69) is 5.32 Å². The van der Waals surface area contributed by atoms with Gasteiger partial charge in [0.2, 0.25) is 0 Å². The Hall–Kier alpha value is -4.53. The Labute approximate surface area is 222 Å². The highest BCUT2D eigenvalue weighted by Crippen LogP contribution is 2.29. The Balaban J connectivity index is 2.07. The Morgan fingerprint density at radius 2 is 1.69 bits per heavy atom. The van der Waals surface area contributed by atoms with Crippen LogP contribution in [-0.2, 0) is 35.3 Å². The number of hydrogen-bond acceptors (Lipinski definition) is 9. The van der Waals surface area contributed by atoms with Crippen LogP contribution in [-0.4, -0.2) is 91.1 Å². The first-order valence-electron chi connectivity index (χ1n) is 11.9. The minimum Gasteiger partial charge on any atom is -0.481 e. The number of nitrogens with two attached hydrogens (primary N) is 1. The maximum atomic E-state index is 13.2. The molecule has 5 amide bonds. The highest BCUT2D eigenvalue weighted by atomic mass is 16.5. The van der Waals surface area contributed by atoms with Gasteiger partial charge in [-0.15, -0.1) is 0 Å². The maximum absolute atomic E-state index is 13.2. The van der Waals surface area contributed by atoms with Crippen molar-refractivity contribution in [3.8, 4) is 0 Å². The summed E-state index contributed by atoms with van der Waals surface area (Å²) >= 11 is 0. The van der Waals surface area contributed by atoms with Crippen LogP contribution in [0.2, 0.25) is 0 Å². The molecule has 0 aliphatic carbocycles. The molecule has 1 aromatic rings. The Morgan fingerprint density at radius 3 is 2.26 bits per heavy atom. The summed E-state index contributed by atoms with van der Waals surface area (Å²) in [5, 5.41) is 30.9. The summed E-state index contributed by atoms with van der Waals surface area (Å²) in [5.74, 6) is -7.49. The van der Waals surface area contributed by atoms with Gasteiger partial charge in [0, 0.05) is 13.0 Å². The van der Waals surface area contributed by atoms with Crippen molar-refractivity contribution in [2.45, 2.75) is 63.3 Å². The van der Waals surface area contributed by atoms with Crippen molar-refractivity contribution in [2.75, 3.05) is 6.54 Å². The second-order valence-electron chi connectivity index (χ2n) is 8.95. The normalized spacial score (nSPS) is 17.8. The Kier molecular flexibility index (Phi) is 10.5. The number of hydrogen-bond donors (Lipinski definition) is 5. The van der Waals surface area contributed by atoms with Gasteiger partial charge in [-0.2, -0.15) is 0 Å². The van der Waals surface area contributed by atoms with Crippen molar-refractivity contribution in [2.24, 2.45) is 5.73 Å². The molecule has 3 atom stereocenters. The number of carbonyl (C=O) groups is 7. The number of ether oxygens (including phenoxy) is 1. The molecular formula is C24H30N4O11. The van der Waals surface area contributed by atoms with Crippen LogP contribution in [0.3, 0.4) is 0 Å². The first-order chi connectivity index (χ1) is 18.3. The summed E-state index contributed by atoms with van der Waals surface area (Å²) in [5.41, 5.74) is 4.00. The number of carboxylic acids is 3. The van der Waals surface area contributed by atoms with Crippen LogP contribution in [0.25, 0.3) is 0 Å². The lowest BCUT2D eigenvalue weighted by molar-refractivity contribution is -0.164. The van der Waals surface area contributed by atoms with Crippen molar-refractivity contribution < 1.29 is 53.6 Å². The summed E-state index contributed by atoms with van der Waals surface area (Å²) in [6, 6.07) is 3.51. The smallest absolute Gasteiger partial charge is 0.407 e. The Morgan fingerprint density at radius 1 is 1.05 bits per heavy atom. The van der Waals surface area contributed by atoms with Gasteiger partial charge in [0.15, 0.2) is 6.04 Å². The van der Waals surface area contributed by atoms with Crippen molar-refractivity contribution >= 4 is 41.8 Å². The van der Waals surface area contributed by atoms with Gasteiger partial charge in [-0.3, -0.25) is 14.4 Å². The van der Waals surface area contributed by atoms with Crippen LogP contribution >= 0.6 is 0 Å². The number of carboxylic acid groups (broad SMARTS) is 3. The van der Waals surface area contributed by atoms with E-state index in [0.29, 0.717) is 0 Å². The third kappa shape index (κ3) is 7.50. The molecule has 212 valence electrons. The van der Waals surface area contributed by atoms with Crippen LogP contribution in [0.4, 0.5) is 9.59 Å². The van der Waals surface area contributed by atoms with Gasteiger partial charge in [0.05, 0.1) is 0 Å². The Bertz CT molecular complexity index is 1130. The highest BCUT2D eigenvalue weighted by molar-refractivity contribution is 6.21. The fraction of sp³-hybridized carbons (Fsp3) is 0.458. The van der Waals surface area contributed by atoms with E-state index < -0.39 is 72.3 Å². The summed E-state index contributed by atoms with van der Waals surface area (Å²) in [6.45, 7) is 1.04. The average Bonchev–Trinajstić information content (AvgIpc) is 2.88. The van der Waals surface area contributed by atoms with E-state index in [9.17, 15) is 43.8 Å². The lowest BCUT2D eigenvalue weighted by atomic mass is 9.91. The zero-order valence-corrected chi connectivity index (χ0v) is 21.1. The van der Waals surface area contributed by atoms with Gasteiger partial charge < -0.3 is 31.1 Å². The molecule has 1 saturated heterocycles. The molecule has 1 aliphatic rings. The van der Waals surface area contributed by atoms with Crippen LogP contribution in [0.1, 0.15) is 44.6 Å². The van der Waals surface area contributed by atoms with Crippen LogP contribution < -0.4 is 11.1 Å². The second kappa shape index (κ2) is 13.3. The van der Waals surface area contributed by atoms with Crippen LogP contribution in [0.15, 0.2) is 30.3 Å². The first-order valence-corrected chi connectivity index (χ1v) is 11.9. The molecule has 1 aromatic carbocycles. The number of barbiturate groups is 1. The molecule has 1 fully saturated rings. The van der Waals surface area contributed by atoms with E-state index >= 15 is 0 Å². The van der Waals surface area contributed by atoms with Gasteiger partial charge in [-0.1, -0.05) is 30.3 Å². The minimum atomic E-state index is -2.42. The quantitative estimate of drug-likeness (QED) is 0.156. The van der Waals surface area contributed by atoms with Gasteiger partial charge in [-0.25, -0.2) is 29.0 Å². The van der Waals surface area contributed by atoms with E-state index in [1.165, 1.54) is 0 Å². The van der Waals surface area contributed by atoms with Crippen LogP contribution in [0, 0.1) is 0 Å². The number of imide groups is 2. The molecule has 1 heterocycles. The van der Waals surface area contributed by atoms with E-state index in [4.69, 9.17) is 15.6 Å². The zero-order valence-electron chi connectivity index (χ0n) is 21.1. The number of alkyl carbamates (subject to hydrolysis) is 1. The number of aliphatic carboxylic acids is 3. The standard InChI is InChI=1S/C24H30N4O11/c1-24(21(35)36,11-10-16(29)30)28-19(32)17(25)18(31)27(23(28)38)15(20(33)34)9-5-6-12-26-22(37)39-13-14-7-3-2-4-8-14/h2-4,7-8,15,17H,5-6,9-13,25H2,1H3,(H,26,37)(H,29,30)(H,33,34)(H,35,36)/t15-,17?,24?/m0/s1. The van der Waals surface area contributed by atoms with Crippen molar-refractivity contribution in [1.29, 1.82) is 0 Å². The van der Waals surface area contributed by atoms with Gasteiger partial charge >= 0.3 is 30.0 Å². The predicted octanol–water partition coefficient (Wildman–Crippen LogP) is 0.363. The third-order valence-corrected chi connectivity index (χ3v) is 6.15. The molecule has 0 bridgehead atoms. The van der Waals surface area contributed by atoms with E-state index in [1.54, 1.807) is 24.3 Å². The molecule has 39 heavy (non-hydrogen) atoms. The highest BCUT2D eigenvalue weighted by Gasteiger charge is 2.56. The number of rotatable bonds is 14. The molecule has 15 heteroatoms. The van der Waals surface area contributed by atoms with Crippen LogP contribution in [0.5, 0.6) is 0 Å². The molecular weight excluding hydrogens is 520 g/mol. The number of amides is 5. The van der Waals surface area contributed by atoms with Crippen molar-refractivity contribution in [3.05, 3.63) is 35.9 Å². The fourth-order valence-electron chi connectivity index (χ4n) is 3.89. The summed E-state index contributed by atoms with van der Waals surface area (Å²) < 4.78 is 5.06. The molecule has 0 aromatic heterocycles. The number of nitrogens with zero attached hydrogens (tertiary/aromatic N) is 2. The predicted molar refractivity (Wildman–Crippen MR) is 130 cm³/mol. The summed E-state index contributed by atoms with van der Waals surface area (Å²) in [6.07, 6.45) is -2.16. The lowest BCUT2D eigenvalue weighted by Gasteiger charge is -2.44. The monoisotopic (exact) mass is 550 g/mol. The minimum absolute atomic E-state index is 0.0458. The molecule has 2 unspecified atom stereocenters. The average molecular weight is 551 g/mol. The van der Waals surface area contributed by atoms with E-state index in [0.717, 1.165) is 12.5 Å². The van der Waals surface area contributed by atoms with Gasteiger partial charge in [0.1, 0.15) is 18.2 Å². The largest absolute Gasteiger partial charge is 0.481 e. The number of carbonyl (C=O) groups excluding carboxylic acids is 4. The van der Waals surface area contributed by atoms with Crippen molar-refractivity contribution in [1.82, 2.24) is 15.1 Å². The fourth-order valence-corrected chi connectivity index (χ4v) is 3.89. The molecule has 0 spiro atoms.